The molecule has 0 saturated carbocycles. The second kappa shape index (κ2) is 3.80. The van der Waals surface area contributed by atoms with Crippen LogP contribution in [0.3, 0.4) is 0 Å². The van der Waals surface area contributed by atoms with Crippen molar-refractivity contribution >= 4 is 17.4 Å². The van der Waals surface area contributed by atoms with Crippen LogP contribution in [0.2, 0.25) is 0 Å². The van der Waals surface area contributed by atoms with E-state index in [4.69, 9.17) is 5.73 Å². The molecule has 0 saturated heterocycles. The van der Waals surface area contributed by atoms with Gasteiger partial charge < -0.3 is 16.4 Å². The van der Waals surface area contributed by atoms with Crippen LogP contribution in [0.1, 0.15) is 5.56 Å². The van der Waals surface area contributed by atoms with Crippen molar-refractivity contribution in [2.75, 3.05) is 17.7 Å². The molecule has 0 aliphatic rings. The molecule has 0 bridgehead atoms. The minimum absolute atomic E-state index is 0.545. The van der Waals surface area contributed by atoms with Gasteiger partial charge in [0, 0.05) is 18.4 Å². The number of urea groups is 1. The van der Waals surface area contributed by atoms with Gasteiger partial charge in [0.05, 0.1) is 0 Å². The molecular formula is C9H13N3O. The zero-order valence-electron chi connectivity index (χ0n) is 7.72. The standard InChI is InChI=1S/C9H13N3O/c1-6-3-4-7(11-2)5-8(6)12-9(10)13/h3-5,11H,1-2H3,(H3,10,12,13). The van der Waals surface area contributed by atoms with E-state index in [-0.39, 0.29) is 0 Å². The Morgan fingerprint density at radius 2 is 2.15 bits per heavy atom. The quantitative estimate of drug-likeness (QED) is 0.644. The highest BCUT2D eigenvalue weighted by molar-refractivity contribution is 5.89. The van der Waals surface area contributed by atoms with Gasteiger partial charge in [0.2, 0.25) is 0 Å². The first kappa shape index (κ1) is 9.38. The third kappa shape index (κ3) is 2.37. The fraction of sp³-hybridized carbons (Fsp3) is 0.222. The Morgan fingerprint density at radius 1 is 1.46 bits per heavy atom. The molecular weight excluding hydrogens is 166 g/mol. The Hall–Kier alpha value is -1.71. The highest BCUT2D eigenvalue weighted by Gasteiger charge is 2.00. The van der Waals surface area contributed by atoms with Crippen LogP contribution < -0.4 is 16.4 Å². The molecule has 1 rings (SSSR count). The van der Waals surface area contributed by atoms with Crippen LogP contribution in [-0.4, -0.2) is 13.1 Å². The van der Waals surface area contributed by atoms with Crippen LogP contribution in [0.5, 0.6) is 0 Å². The van der Waals surface area contributed by atoms with Crippen LogP contribution in [0.4, 0.5) is 16.2 Å². The van der Waals surface area contributed by atoms with E-state index < -0.39 is 6.03 Å². The molecule has 0 atom stereocenters. The summed E-state index contributed by atoms with van der Waals surface area (Å²) in [6.07, 6.45) is 0. The van der Waals surface area contributed by atoms with Gasteiger partial charge in [0.1, 0.15) is 0 Å². The predicted molar refractivity (Wildman–Crippen MR) is 53.9 cm³/mol. The summed E-state index contributed by atoms with van der Waals surface area (Å²) in [5.74, 6) is 0. The molecule has 13 heavy (non-hydrogen) atoms. The number of nitrogens with one attached hydrogen (secondary N) is 2. The molecule has 0 heterocycles. The maximum Gasteiger partial charge on any atom is 0.316 e. The number of benzene rings is 1. The molecule has 1 aromatic carbocycles. The third-order valence-electron chi connectivity index (χ3n) is 1.78. The second-order valence-electron chi connectivity index (χ2n) is 2.77. The summed E-state index contributed by atoms with van der Waals surface area (Å²) in [5.41, 5.74) is 7.67. The fourth-order valence-electron chi connectivity index (χ4n) is 1.04. The molecule has 0 fully saturated rings. The first-order valence-electron chi connectivity index (χ1n) is 3.98. The number of rotatable bonds is 2. The van der Waals surface area contributed by atoms with Crippen LogP contribution in [-0.2, 0) is 0 Å². The minimum Gasteiger partial charge on any atom is -0.388 e. The molecule has 0 aromatic heterocycles. The van der Waals surface area contributed by atoms with Crippen molar-refractivity contribution in [3.05, 3.63) is 23.8 Å². The van der Waals surface area contributed by atoms with Crippen LogP contribution in [0.15, 0.2) is 18.2 Å². The van der Waals surface area contributed by atoms with Crippen molar-refractivity contribution in [1.82, 2.24) is 0 Å². The largest absolute Gasteiger partial charge is 0.388 e. The number of nitrogens with two attached hydrogens (primary N) is 1. The molecule has 0 radical (unpaired) electrons. The highest BCUT2D eigenvalue weighted by Crippen LogP contribution is 2.19. The monoisotopic (exact) mass is 179 g/mol. The molecule has 4 heteroatoms. The van der Waals surface area contributed by atoms with Gasteiger partial charge in [-0.15, -0.1) is 0 Å². The predicted octanol–water partition coefficient (Wildman–Crippen LogP) is 1.53. The van der Waals surface area contributed by atoms with Gasteiger partial charge in [0.15, 0.2) is 0 Å². The first-order chi connectivity index (χ1) is 6.13. The van der Waals surface area contributed by atoms with Crippen LogP contribution in [0, 0.1) is 6.92 Å². The summed E-state index contributed by atoms with van der Waals surface area (Å²) in [5, 5.41) is 5.52. The molecule has 4 N–H and O–H groups in total. The zero-order valence-corrected chi connectivity index (χ0v) is 7.72. The smallest absolute Gasteiger partial charge is 0.316 e. The Morgan fingerprint density at radius 3 is 2.69 bits per heavy atom. The minimum atomic E-state index is -0.545. The lowest BCUT2D eigenvalue weighted by Gasteiger charge is -2.08. The Bertz CT molecular complexity index is 323. The summed E-state index contributed by atoms with van der Waals surface area (Å²) >= 11 is 0. The van der Waals surface area contributed by atoms with E-state index >= 15 is 0 Å². The average molecular weight is 179 g/mol. The molecule has 0 unspecified atom stereocenters. The number of carbonyl (C=O) groups excluding carboxylic acids is 1. The molecule has 0 spiro atoms. The number of primary amides is 1. The summed E-state index contributed by atoms with van der Waals surface area (Å²) in [6, 6.07) is 5.13. The van der Waals surface area contributed by atoms with E-state index in [9.17, 15) is 4.79 Å². The lowest BCUT2D eigenvalue weighted by Crippen LogP contribution is -2.19. The topological polar surface area (TPSA) is 67.2 Å². The van der Waals surface area contributed by atoms with Crippen molar-refractivity contribution in [3.63, 3.8) is 0 Å². The van der Waals surface area contributed by atoms with E-state index in [2.05, 4.69) is 10.6 Å². The summed E-state index contributed by atoms with van der Waals surface area (Å²) in [4.78, 5) is 10.6. The van der Waals surface area contributed by atoms with Crippen molar-refractivity contribution in [2.24, 2.45) is 5.73 Å². The summed E-state index contributed by atoms with van der Waals surface area (Å²) in [7, 11) is 1.82. The average Bonchev–Trinajstić information content (AvgIpc) is 2.08. The lowest BCUT2D eigenvalue weighted by atomic mass is 10.2. The van der Waals surface area contributed by atoms with Crippen LogP contribution in [0.25, 0.3) is 0 Å². The van der Waals surface area contributed by atoms with Gasteiger partial charge >= 0.3 is 6.03 Å². The summed E-state index contributed by atoms with van der Waals surface area (Å²) in [6.45, 7) is 1.91. The molecule has 4 nitrogen and oxygen atoms in total. The van der Waals surface area contributed by atoms with Crippen molar-refractivity contribution in [2.45, 2.75) is 6.92 Å². The maximum atomic E-state index is 10.6. The van der Waals surface area contributed by atoms with E-state index in [1.165, 1.54) is 0 Å². The number of carbonyl (C=O) groups is 1. The Balaban J connectivity index is 2.96. The SMILES string of the molecule is CNc1ccc(C)c(NC(N)=O)c1. The van der Waals surface area contributed by atoms with E-state index in [1.807, 2.05) is 32.2 Å². The Labute approximate surface area is 77.1 Å². The first-order valence-corrected chi connectivity index (χ1v) is 3.98. The number of amides is 2. The van der Waals surface area contributed by atoms with Crippen molar-refractivity contribution in [3.8, 4) is 0 Å². The molecule has 0 aliphatic heterocycles. The van der Waals surface area contributed by atoms with Gasteiger partial charge in [-0.3, -0.25) is 0 Å². The number of hydrogen-bond acceptors (Lipinski definition) is 2. The normalized spacial score (nSPS) is 9.38. The summed E-state index contributed by atoms with van der Waals surface area (Å²) < 4.78 is 0. The lowest BCUT2D eigenvalue weighted by molar-refractivity contribution is 0.259. The van der Waals surface area contributed by atoms with Crippen molar-refractivity contribution in [1.29, 1.82) is 0 Å². The number of aryl methyl sites for hydroxylation is 1. The van der Waals surface area contributed by atoms with E-state index in [0.29, 0.717) is 0 Å². The van der Waals surface area contributed by atoms with Crippen molar-refractivity contribution < 1.29 is 4.79 Å². The van der Waals surface area contributed by atoms with E-state index in [0.717, 1.165) is 16.9 Å². The van der Waals surface area contributed by atoms with Gasteiger partial charge in [-0.25, -0.2) is 4.79 Å². The second-order valence-corrected chi connectivity index (χ2v) is 2.77. The fourth-order valence-corrected chi connectivity index (χ4v) is 1.04. The maximum absolute atomic E-state index is 10.6. The van der Waals surface area contributed by atoms with Gasteiger partial charge in [0.25, 0.3) is 0 Å². The van der Waals surface area contributed by atoms with E-state index in [1.54, 1.807) is 0 Å². The number of hydrogen-bond donors (Lipinski definition) is 3. The van der Waals surface area contributed by atoms with Crippen LogP contribution >= 0.6 is 0 Å². The molecule has 70 valence electrons. The molecule has 2 amide bonds. The third-order valence-corrected chi connectivity index (χ3v) is 1.78. The Kier molecular flexibility index (Phi) is 2.74. The zero-order chi connectivity index (χ0) is 9.84. The highest BCUT2D eigenvalue weighted by atomic mass is 16.2. The number of anilines is 2. The molecule has 0 aliphatic carbocycles. The molecule has 1 aromatic rings. The van der Waals surface area contributed by atoms with Gasteiger partial charge in [-0.1, -0.05) is 6.07 Å². The van der Waals surface area contributed by atoms with Gasteiger partial charge in [-0.2, -0.15) is 0 Å². The van der Waals surface area contributed by atoms with Gasteiger partial charge in [-0.05, 0) is 24.6 Å².